The van der Waals surface area contributed by atoms with Gasteiger partial charge < -0.3 is 10.2 Å². The Balaban J connectivity index is 1.68. The minimum Gasteiger partial charge on any atom is -0.355 e. The highest BCUT2D eigenvalue weighted by molar-refractivity contribution is 8.04. The molecule has 2 amide bonds. The summed E-state index contributed by atoms with van der Waals surface area (Å²) >= 11 is 1.24. The van der Waals surface area contributed by atoms with Crippen molar-refractivity contribution in [1.29, 1.82) is 0 Å². The molecule has 1 heterocycles. The summed E-state index contributed by atoms with van der Waals surface area (Å²) in [6.07, 6.45) is 0.223. The van der Waals surface area contributed by atoms with E-state index in [4.69, 9.17) is 0 Å². The zero-order valence-corrected chi connectivity index (χ0v) is 20.7. The van der Waals surface area contributed by atoms with E-state index in [0.717, 1.165) is 49.4 Å². The number of hydrogen-bond donors (Lipinski definition) is 1. The highest BCUT2D eigenvalue weighted by Gasteiger charge is 2.31. The molecule has 0 atom stereocenters. The van der Waals surface area contributed by atoms with Crippen LogP contribution in [0.4, 0.5) is 18.9 Å². The van der Waals surface area contributed by atoms with Crippen molar-refractivity contribution >= 4 is 35.3 Å². The van der Waals surface area contributed by atoms with E-state index >= 15 is 0 Å². The third kappa shape index (κ3) is 7.60. The number of para-hydroxylation sites is 1. The van der Waals surface area contributed by atoms with E-state index < -0.39 is 11.7 Å². The topological polar surface area (TPSA) is 52.7 Å². The largest absolute Gasteiger partial charge is 0.416 e. The quantitative estimate of drug-likeness (QED) is 0.346. The van der Waals surface area contributed by atoms with Crippen molar-refractivity contribution in [2.24, 2.45) is 0 Å². The van der Waals surface area contributed by atoms with Gasteiger partial charge >= 0.3 is 6.18 Å². The van der Waals surface area contributed by atoms with Gasteiger partial charge in [0.25, 0.3) is 5.91 Å². The summed E-state index contributed by atoms with van der Waals surface area (Å²) in [5.74, 6) is -0.617. The van der Waals surface area contributed by atoms with E-state index in [9.17, 15) is 22.8 Å². The zero-order chi connectivity index (χ0) is 25.4. The number of anilines is 1. The molecule has 0 fully saturated rings. The lowest BCUT2D eigenvalue weighted by molar-refractivity contribution is -0.137. The monoisotopic (exact) mass is 505 g/mol. The Kier molecular flexibility index (Phi) is 9.40. The van der Waals surface area contributed by atoms with Gasteiger partial charge in [0, 0.05) is 11.4 Å². The predicted molar refractivity (Wildman–Crippen MR) is 134 cm³/mol. The Morgan fingerprint density at radius 1 is 1.09 bits per heavy atom. The van der Waals surface area contributed by atoms with Crippen molar-refractivity contribution in [3.8, 4) is 0 Å². The number of carbonyl (C=O) groups is 2. The fourth-order valence-corrected chi connectivity index (χ4v) is 4.71. The van der Waals surface area contributed by atoms with Gasteiger partial charge in [-0.05, 0) is 68.9 Å². The number of carbonyl (C=O) groups excluding carboxylic acids is 2. The maximum atomic E-state index is 13.2. The highest BCUT2D eigenvalue weighted by atomic mass is 32.2. The molecule has 35 heavy (non-hydrogen) atoms. The summed E-state index contributed by atoms with van der Waals surface area (Å²) in [5.41, 5.74) is 0.369. The fraction of sp³-hybridized carbons (Fsp3) is 0.385. The number of unbranched alkanes of at least 4 members (excludes halogenated alkanes) is 1. The Morgan fingerprint density at radius 3 is 2.46 bits per heavy atom. The van der Waals surface area contributed by atoms with E-state index in [0.29, 0.717) is 22.7 Å². The van der Waals surface area contributed by atoms with E-state index in [-0.39, 0.29) is 18.4 Å². The van der Waals surface area contributed by atoms with Gasteiger partial charge in [0.05, 0.1) is 16.2 Å². The average Bonchev–Trinajstić information content (AvgIpc) is 2.83. The average molecular weight is 506 g/mol. The molecule has 1 aliphatic heterocycles. The van der Waals surface area contributed by atoms with Gasteiger partial charge in [-0.25, -0.2) is 0 Å². The summed E-state index contributed by atoms with van der Waals surface area (Å²) in [7, 11) is 2.06. The van der Waals surface area contributed by atoms with Crippen LogP contribution in [0.5, 0.6) is 0 Å². The lowest BCUT2D eigenvalue weighted by Gasteiger charge is -2.30. The van der Waals surface area contributed by atoms with Crippen molar-refractivity contribution in [3.05, 3.63) is 64.6 Å². The van der Waals surface area contributed by atoms with Crippen LogP contribution in [0, 0.1) is 0 Å². The van der Waals surface area contributed by atoms with Crippen LogP contribution >= 0.6 is 11.8 Å². The second-order valence-corrected chi connectivity index (χ2v) is 9.53. The SMILES string of the molecule is CCCCN(C)CCCNC(=O)CN1C(=O)C(=Cc2ccc(C(F)(F)F)cc2)Sc2ccccc21. The molecule has 0 spiro atoms. The van der Waals surface area contributed by atoms with Crippen LogP contribution in [0.1, 0.15) is 37.3 Å². The number of halogens is 3. The predicted octanol–water partition coefficient (Wildman–Crippen LogP) is 5.42. The van der Waals surface area contributed by atoms with Crippen molar-refractivity contribution < 1.29 is 22.8 Å². The zero-order valence-electron chi connectivity index (χ0n) is 19.9. The van der Waals surface area contributed by atoms with Gasteiger partial charge in [0.2, 0.25) is 5.91 Å². The summed E-state index contributed by atoms with van der Waals surface area (Å²) in [4.78, 5) is 30.7. The molecule has 188 valence electrons. The number of thioether (sulfide) groups is 1. The minimum atomic E-state index is -4.42. The van der Waals surface area contributed by atoms with Gasteiger partial charge in [-0.3, -0.25) is 14.5 Å². The molecule has 0 radical (unpaired) electrons. The van der Waals surface area contributed by atoms with Crippen LogP contribution in [-0.2, 0) is 15.8 Å². The molecular formula is C26H30F3N3O2S. The molecule has 1 N–H and O–H groups in total. The van der Waals surface area contributed by atoms with Crippen LogP contribution in [0.3, 0.4) is 0 Å². The van der Waals surface area contributed by atoms with E-state index in [2.05, 4.69) is 24.2 Å². The molecule has 9 heteroatoms. The number of rotatable bonds is 10. The molecule has 0 saturated carbocycles. The molecule has 1 aliphatic rings. The Morgan fingerprint density at radius 2 is 1.77 bits per heavy atom. The number of nitrogens with one attached hydrogen (secondary N) is 1. The van der Waals surface area contributed by atoms with Crippen molar-refractivity contribution in [2.75, 3.05) is 38.1 Å². The fourth-order valence-electron chi connectivity index (χ4n) is 3.65. The van der Waals surface area contributed by atoms with Gasteiger partial charge in [-0.2, -0.15) is 13.2 Å². The Bertz CT molecular complexity index is 1050. The molecule has 0 aromatic heterocycles. The molecule has 0 saturated heterocycles. The first-order chi connectivity index (χ1) is 16.7. The lowest BCUT2D eigenvalue weighted by atomic mass is 10.1. The minimum absolute atomic E-state index is 0.133. The number of fused-ring (bicyclic) bond motifs is 1. The molecule has 0 unspecified atom stereocenters. The Hall–Kier alpha value is -2.78. The molecule has 0 aliphatic carbocycles. The summed E-state index contributed by atoms with van der Waals surface area (Å²) < 4.78 is 38.6. The van der Waals surface area contributed by atoms with Gasteiger partial charge in [0.1, 0.15) is 6.54 Å². The van der Waals surface area contributed by atoms with Gasteiger partial charge in [0.15, 0.2) is 0 Å². The van der Waals surface area contributed by atoms with Crippen LogP contribution in [-0.4, -0.2) is 49.9 Å². The highest BCUT2D eigenvalue weighted by Crippen LogP contribution is 2.42. The molecule has 3 rings (SSSR count). The van der Waals surface area contributed by atoms with Crippen molar-refractivity contribution in [3.63, 3.8) is 0 Å². The summed E-state index contributed by atoms with van der Waals surface area (Å²) in [5, 5.41) is 2.89. The summed E-state index contributed by atoms with van der Waals surface area (Å²) in [6, 6.07) is 11.9. The van der Waals surface area contributed by atoms with Gasteiger partial charge in [-0.1, -0.05) is 49.4 Å². The maximum absolute atomic E-state index is 13.2. The first kappa shape index (κ1) is 26.8. The normalized spacial score (nSPS) is 15.0. The first-order valence-corrected chi connectivity index (χ1v) is 12.4. The van der Waals surface area contributed by atoms with E-state index in [1.165, 1.54) is 28.8 Å². The smallest absolute Gasteiger partial charge is 0.355 e. The van der Waals surface area contributed by atoms with Gasteiger partial charge in [-0.15, -0.1) is 0 Å². The van der Waals surface area contributed by atoms with E-state index in [1.54, 1.807) is 18.2 Å². The second kappa shape index (κ2) is 12.3. The molecule has 2 aromatic carbocycles. The number of nitrogens with zero attached hydrogens (tertiary/aromatic N) is 2. The van der Waals surface area contributed by atoms with Crippen LogP contribution in [0.2, 0.25) is 0 Å². The number of alkyl halides is 3. The number of benzene rings is 2. The van der Waals surface area contributed by atoms with Crippen LogP contribution < -0.4 is 10.2 Å². The standard InChI is InChI=1S/C26H30F3N3O2S/c1-3-4-15-31(2)16-7-14-30-24(33)18-32-21-8-5-6-9-22(21)35-23(25(32)34)17-19-10-12-20(13-11-19)26(27,28)29/h5-6,8-13,17H,3-4,7,14-16,18H2,1-2H3,(H,30,33). The molecular weight excluding hydrogens is 475 g/mol. The maximum Gasteiger partial charge on any atom is 0.416 e. The molecule has 0 bridgehead atoms. The third-order valence-electron chi connectivity index (χ3n) is 5.60. The van der Waals surface area contributed by atoms with Crippen LogP contribution in [0.25, 0.3) is 6.08 Å². The number of hydrogen-bond acceptors (Lipinski definition) is 4. The molecule has 5 nitrogen and oxygen atoms in total. The Labute approximate surface area is 208 Å². The molecule has 2 aromatic rings. The van der Waals surface area contributed by atoms with Crippen LogP contribution in [0.15, 0.2) is 58.3 Å². The van der Waals surface area contributed by atoms with Crippen molar-refractivity contribution in [2.45, 2.75) is 37.3 Å². The summed E-state index contributed by atoms with van der Waals surface area (Å²) in [6.45, 7) is 4.43. The second-order valence-electron chi connectivity index (χ2n) is 8.45. The number of amides is 2. The lowest BCUT2D eigenvalue weighted by Crippen LogP contribution is -2.43. The first-order valence-electron chi connectivity index (χ1n) is 11.6. The third-order valence-corrected chi connectivity index (χ3v) is 6.68. The van der Waals surface area contributed by atoms with E-state index in [1.807, 2.05) is 12.1 Å². The van der Waals surface area contributed by atoms with Crippen molar-refractivity contribution in [1.82, 2.24) is 10.2 Å².